The van der Waals surface area contributed by atoms with Gasteiger partial charge in [0.2, 0.25) is 0 Å². The third-order valence-corrected chi connectivity index (χ3v) is 2.73. The van der Waals surface area contributed by atoms with Gasteiger partial charge < -0.3 is 10.1 Å². The molecule has 18 heavy (non-hydrogen) atoms. The third-order valence-electron chi connectivity index (χ3n) is 2.73. The second kappa shape index (κ2) is 9.06. The van der Waals surface area contributed by atoms with Crippen LogP contribution in [0.4, 0.5) is 4.39 Å². The molecule has 1 aromatic carbocycles. The first-order valence-electron chi connectivity index (χ1n) is 6.74. The zero-order valence-corrected chi connectivity index (χ0v) is 11.4. The van der Waals surface area contributed by atoms with E-state index in [1.54, 1.807) is 12.1 Å². The summed E-state index contributed by atoms with van der Waals surface area (Å²) >= 11 is 0. The van der Waals surface area contributed by atoms with Crippen LogP contribution in [-0.2, 0) is 11.3 Å². The van der Waals surface area contributed by atoms with E-state index in [2.05, 4.69) is 19.2 Å². The van der Waals surface area contributed by atoms with Gasteiger partial charge in [-0.25, -0.2) is 4.39 Å². The van der Waals surface area contributed by atoms with Gasteiger partial charge in [0.05, 0.1) is 6.61 Å². The van der Waals surface area contributed by atoms with Crippen molar-refractivity contribution in [2.75, 3.05) is 13.2 Å². The minimum atomic E-state index is -0.182. The number of hydrogen-bond donors (Lipinski definition) is 1. The highest BCUT2D eigenvalue weighted by molar-refractivity contribution is 5.16. The highest BCUT2D eigenvalue weighted by atomic mass is 19.1. The predicted octanol–water partition coefficient (Wildman–Crippen LogP) is 3.51. The Morgan fingerprint density at radius 3 is 2.67 bits per heavy atom. The van der Waals surface area contributed by atoms with Gasteiger partial charge >= 0.3 is 0 Å². The average molecular weight is 253 g/mol. The minimum Gasteiger partial charge on any atom is -0.377 e. The van der Waals surface area contributed by atoms with Crippen molar-refractivity contribution in [1.82, 2.24) is 5.32 Å². The maximum absolute atomic E-state index is 13.3. The summed E-state index contributed by atoms with van der Waals surface area (Å²) < 4.78 is 18.7. The zero-order chi connectivity index (χ0) is 13.2. The fraction of sp³-hybridized carbons (Fsp3) is 0.600. The van der Waals surface area contributed by atoms with Crippen LogP contribution in [0.5, 0.6) is 0 Å². The smallest absolute Gasteiger partial charge is 0.128 e. The topological polar surface area (TPSA) is 21.3 Å². The van der Waals surface area contributed by atoms with Crippen LogP contribution in [0.25, 0.3) is 0 Å². The second-order valence-corrected chi connectivity index (χ2v) is 4.81. The van der Waals surface area contributed by atoms with Crippen molar-refractivity contribution in [3.05, 3.63) is 35.6 Å². The van der Waals surface area contributed by atoms with Crippen molar-refractivity contribution < 1.29 is 9.13 Å². The van der Waals surface area contributed by atoms with E-state index < -0.39 is 0 Å². The van der Waals surface area contributed by atoms with E-state index in [-0.39, 0.29) is 5.82 Å². The first kappa shape index (κ1) is 15.1. The number of unbranched alkanes of at least 4 members (excludes halogenated alkanes) is 2. The maximum Gasteiger partial charge on any atom is 0.128 e. The van der Waals surface area contributed by atoms with Crippen LogP contribution >= 0.6 is 0 Å². The molecule has 0 radical (unpaired) electrons. The molecular weight excluding hydrogens is 229 g/mol. The van der Waals surface area contributed by atoms with E-state index >= 15 is 0 Å². The monoisotopic (exact) mass is 253 g/mol. The molecular formula is C15H24FNO. The summed E-state index contributed by atoms with van der Waals surface area (Å²) in [6.07, 6.45) is 3.35. The largest absolute Gasteiger partial charge is 0.377 e. The molecule has 0 saturated heterocycles. The van der Waals surface area contributed by atoms with E-state index in [4.69, 9.17) is 4.74 Å². The number of benzene rings is 1. The molecule has 0 spiro atoms. The van der Waals surface area contributed by atoms with Crippen LogP contribution in [-0.4, -0.2) is 19.2 Å². The molecule has 0 aliphatic heterocycles. The van der Waals surface area contributed by atoms with E-state index in [0.717, 1.165) is 19.4 Å². The van der Waals surface area contributed by atoms with Crippen LogP contribution in [0.3, 0.4) is 0 Å². The molecule has 0 aliphatic carbocycles. The first-order chi connectivity index (χ1) is 8.70. The fourth-order valence-electron chi connectivity index (χ4n) is 1.69. The Bertz CT molecular complexity index is 328. The van der Waals surface area contributed by atoms with Crippen molar-refractivity contribution >= 4 is 0 Å². The van der Waals surface area contributed by atoms with E-state index in [9.17, 15) is 4.39 Å². The molecule has 3 heteroatoms. The number of ether oxygens (including phenoxy) is 1. The molecule has 0 bridgehead atoms. The van der Waals surface area contributed by atoms with E-state index in [0.29, 0.717) is 24.8 Å². The number of hydrogen-bond acceptors (Lipinski definition) is 2. The average Bonchev–Trinajstić information content (AvgIpc) is 2.34. The van der Waals surface area contributed by atoms with Crippen molar-refractivity contribution in [2.24, 2.45) is 0 Å². The standard InChI is InChI=1S/C15H24FNO/c1-13(2)17-10-6-3-7-11-18-12-14-8-4-5-9-15(14)16/h4-5,8-9,13,17H,3,6-7,10-12H2,1-2H3. The molecule has 102 valence electrons. The highest BCUT2D eigenvalue weighted by Gasteiger charge is 2.00. The van der Waals surface area contributed by atoms with Crippen molar-refractivity contribution in [1.29, 1.82) is 0 Å². The summed E-state index contributed by atoms with van der Waals surface area (Å²) in [4.78, 5) is 0. The van der Waals surface area contributed by atoms with Gasteiger partial charge in [-0.1, -0.05) is 32.0 Å². The van der Waals surface area contributed by atoms with E-state index in [1.165, 1.54) is 12.5 Å². The molecule has 0 unspecified atom stereocenters. The summed E-state index contributed by atoms with van der Waals surface area (Å²) in [7, 11) is 0. The summed E-state index contributed by atoms with van der Waals surface area (Å²) in [6, 6.07) is 7.32. The summed E-state index contributed by atoms with van der Waals surface area (Å²) in [5.74, 6) is -0.182. The predicted molar refractivity (Wildman–Crippen MR) is 73.0 cm³/mol. The SMILES string of the molecule is CC(C)NCCCCCOCc1ccccc1F. The van der Waals surface area contributed by atoms with Crippen LogP contribution in [0.2, 0.25) is 0 Å². The molecule has 1 N–H and O–H groups in total. The normalized spacial score (nSPS) is 11.1. The molecule has 0 amide bonds. The zero-order valence-electron chi connectivity index (χ0n) is 11.4. The lowest BCUT2D eigenvalue weighted by molar-refractivity contribution is 0.114. The lowest BCUT2D eigenvalue weighted by atomic mass is 10.2. The lowest BCUT2D eigenvalue weighted by Crippen LogP contribution is -2.23. The molecule has 0 atom stereocenters. The van der Waals surface area contributed by atoms with Gasteiger partial charge in [-0.15, -0.1) is 0 Å². The Morgan fingerprint density at radius 1 is 1.17 bits per heavy atom. The van der Waals surface area contributed by atoms with Crippen LogP contribution < -0.4 is 5.32 Å². The van der Waals surface area contributed by atoms with Gasteiger partial charge in [-0.2, -0.15) is 0 Å². The van der Waals surface area contributed by atoms with Crippen molar-refractivity contribution in [3.8, 4) is 0 Å². The number of halogens is 1. The number of nitrogens with one attached hydrogen (secondary N) is 1. The molecule has 0 saturated carbocycles. The van der Waals surface area contributed by atoms with Crippen LogP contribution in [0.1, 0.15) is 38.7 Å². The molecule has 2 nitrogen and oxygen atoms in total. The maximum atomic E-state index is 13.3. The van der Waals surface area contributed by atoms with Gasteiger partial charge in [0.1, 0.15) is 5.82 Å². The van der Waals surface area contributed by atoms with Crippen LogP contribution in [0, 0.1) is 5.82 Å². The second-order valence-electron chi connectivity index (χ2n) is 4.81. The lowest BCUT2D eigenvalue weighted by Gasteiger charge is -2.08. The Hall–Kier alpha value is -0.930. The summed E-state index contributed by atoms with van der Waals surface area (Å²) in [6.45, 7) is 6.44. The molecule has 0 heterocycles. The van der Waals surface area contributed by atoms with Crippen molar-refractivity contribution in [3.63, 3.8) is 0 Å². The molecule has 0 fully saturated rings. The van der Waals surface area contributed by atoms with Crippen LogP contribution in [0.15, 0.2) is 24.3 Å². The van der Waals surface area contributed by atoms with Crippen molar-refractivity contribution in [2.45, 2.75) is 45.8 Å². The Balaban J connectivity index is 1.98. The van der Waals surface area contributed by atoms with Gasteiger partial charge in [0.15, 0.2) is 0 Å². The molecule has 0 aromatic heterocycles. The first-order valence-corrected chi connectivity index (χ1v) is 6.74. The summed E-state index contributed by atoms with van der Waals surface area (Å²) in [5.41, 5.74) is 0.638. The fourth-order valence-corrected chi connectivity index (χ4v) is 1.69. The highest BCUT2D eigenvalue weighted by Crippen LogP contribution is 2.08. The Kier molecular flexibility index (Phi) is 7.62. The third kappa shape index (κ3) is 6.72. The molecule has 1 rings (SSSR count). The van der Waals surface area contributed by atoms with Gasteiger partial charge in [-0.05, 0) is 31.9 Å². The number of rotatable bonds is 9. The summed E-state index contributed by atoms with van der Waals surface area (Å²) in [5, 5.41) is 3.38. The molecule has 0 aliphatic rings. The molecule has 1 aromatic rings. The van der Waals surface area contributed by atoms with E-state index in [1.807, 2.05) is 6.07 Å². The van der Waals surface area contributed by atoms with Gasteiger partial charge in [-0.3, -0.25) is 0 Å². The minimum absolute atomic E-state index is 0.182. The Labute approximate surface area is 110 Å². The van der Waals surface area contributed by atoms with Gasteiger partial charge in [0.25, 0.3) is 0 Å². The quantitative estimate of drug-likeness (QED) is 0.680. The van der Waals surface area contributed by atoms with Gasteiger partial charge in [0, 0.05) is 18.2 Å². The Morgan fingerprint density at radius 2 is 1.94 bits per heavy atom.